The fourth-order valence-electron chi connectivity index (χ4n) is 3.04. The number of hydrogen-bond acceptors (Lipinski definition) is 4. The Bertz CT molecular complexity index is 791. The Morgan fingerprint density at radius 1 is 1.07 bits per heavy atom. The lowest BCUT2D eigenvalue weighted by molar-refractivity contribution is -0.139. The van der Waals surface area contributed by atoms with Crippen molar-refractivity contribution in [2.75, 3.05) is 19.9 Å². The van der Waals surface area contributed by atoms with Crippen LogP contribution in [0.3, 0.4) is 0 Å². The second kappa shape index (κ2) is 11.5. The van der Waals surface area contributed by atoms with E-state index in [9.17, 15) is 9.59 Å². The first-order valence-electron chi connectivity index (χ1n) is 9.75. The van der Waals surface area contributed by atoms with Crippen molar-refractivity contribution < 1.29 is 14.3 Å². The third-order valence-electron chi connectivity index (χ3n) is 4.76. The van der Waals surface area contributed by atoms with Crippen LogP contribution >= 0.6 is 11.8 Å². The minimum absolute atomic E-state index is 0.0282. The molecular formula is C23H30N2O3S. The average Bonchev–Trinajstić information content (AvgIpc) is 2.75. The van der Waals surface area contributed by atoms with Gasteiger partial charge in [0.05, 0.1) is 12.9 Å². The van der Waals surface area contributed by atoms with Gasteiger partial charge in [0.25, 0.3) is 0 Å². The van der Waals surface area contributed by atoms with Crippen LogP contribution < -0.4 is 10.1 Å². The van der Waals surface area contributed by atoms with Crippen molar-refractivity contribution in [2.24, 2.45) is 0 Å². The van der Waals surface area contributed by atoms with E-state index >= 15 is 0 Å². The monoisotopic (exact) mass is 414 g/mol. The van der Waals surface area contributed by atoms with Crippen molar-refractivity contribution in [1.29, 1.82) is 0 Å². The molecule has 5 nitrogen and oxygen atoms in total. The molecule has 6 heteroatoms. The molecule has 0 aliphatic heterocycles. The van der Waals surface area contributed by atoms with Gasteiger partial charge in [0.2, 0.25) is 11.8 Å². The van der Waals surface area contributed by atoms with Gasteiger partial charge in [-0.3, -0.25) is 9.59 Å². The Hall–Kier alpha value is -2.47. The molecule has 0 spiro atoms. The zero-order valence-electron chi connectivity index (χ0n) is 17.6. The lowest BCUT2D eigenvalue weighted by Gasteiger charge is -2.30. The normalized spacial score (nSPS) is 11.6. The summed E-state index contributed by atoms with van der Waals surface area (Å²) in [6, 6.07) is 15.4. The first-order valence-corrected chi connectivity index (χ1v) is 10.9. The molecule has 0 aliphatic rings. The number of benzene rings is 2. The molecule has 2 rings (SSSR count). The summed E-state index contributed by atoms with van der Waals surface area (Å²) < 4.78 is 5.17. The number of nitrogens with one attached hydrogen (secondary N) is 1. The molecular weight excluding hydrogens is 384 g/mol. The van der Waals surface area contributed by atoms with E-state index in [1.807, 2.05) is 62.4 Å². The van der Waals surface area contributed by atoms with Crippen LogP contribution in [0.5, 0.6) is 5.75 Å². The van der Waals surface area contributed by atoms with Crippen LogP contribution in [0.15, 0.2) is 48.5 Å². The number of nitrogens with zero attached hydrogens (tertiary/aromatic N) is 1. The number of ether oxygens (including phenoxy) is 1. The second-order valence-corrected chi connectivity index (χ2v) is 7.87. The number of carbonyl (C=O) groups excluding carboxylic acids is 2. The fourth-order valence-corrected chi connectivity index (χ4v) is 3.91. The van der Waals surface area contributed by atoms with E-state index < -0.39 is 6.04 Å². The predicted molar refractivity (Wildman–Crippen MR) is 119 cm³/mol. The lowest BCUT2D eigenvalue weighted by atomic mass is 10.1. The molecule has 156 valence electrons. The largest absolute Gasteiger partial charge is 0.497 e. The van der Waals surface area contributed by atoms with Gasteiger partial charge < -0.3 is 15.0 Å². The van der Waals surface area contributed by atoms with Gasteiger partial charge in [-0.15, -0.1) is 11.8 Å². The lowest BCUT2D eigenvalue weighted by Crippen LogP contribution is -2.48. The SMILES string of the molecule is CC[C@@H](C(=O)NC)N(Cc1ccc(C)cc1)C(=O)CSCc1ccc(OC)cc1. The van der Waals surface area contributed by atoms with Crippen LogP contribution in [0.4, 0.5) is 0 Å². The quantitative estimate of drug-likeness (QED) is 0.643. The summed E-state index contributed by atoms with van der Waals surface area (Å²) in [6.07, 6.45) is 0.570. The Kier molecular flexibility index (Phi) is 9.06. The summed E-state index contributed by atoms with van der Waals surface area (Å²) in [5.41, 5.74) is 3.32. The van der Waals surface area contributed by atoms with Gasteiger partial charge in [-0.1, -0.05) is 48.9 Å². The highest BCUT2D eigenvalue weighted by Gasteiger charge is 2.27. The number of amides is 2. The van der Waals surface area contributed by atoms with E-state index in [4.69, 9.17) is 4.74 Å². The number of methoxy groups -OCH3 is 1. The van der Waals surface area contributed by atoms with E-state index in [0.29, 0.717) is 18.7 Å². The van der Waals surface area contributed by atoms with E-state index in [-0.39, 0.29) is 11.8 Å². The topological polar surface area (TPSA) is 58.6 Å². The molecule has 2 aromatic carbocycles. The van der Waals surface area contributed by atoms with Gasteiger partial charge in [-0.05, 0) is 36.6 Å². The number of carbonyl (C=O) groups is 2. The molecule has 0 saturated carbocycles. The summed E-state index contributed by atoms with van der Waals surface area (Å²) in [5.74, 6) is 1.71. The van der Waals surface area contributed by atoms with Crippen molar-refractivity contribution in [3.63, 3.8) is 0 Å². The van der Waals surface area contributed by atoms with Gasteiger partial charge in [-0.25, -0.2) is 0 Å². The molecule has 2 aromatic rings. The molecule has 2 amide bonds. The molecule has 29 heavy (non-hydrogen) atoms. The maximum absolute atomic E-state index is 13.0. The first kappa shape index (κ1) is 22.8. The standard InChI is InChI=1S/C23H30N2O3S/c1-5-21(23(27)24-3)25(14-18-8-6-17(2)7-9-18)22(26)16-29-15-19-10-12-20(28-4)13-11-19/h6-13,21H,5,14-16H2,1-4H3,(H,24,27)/t21-/m0/s1. The highest BCUT2D eigenvalue weighted by Crippen LogP contribution is 2.19. The Balaban J connectivity index is 2.05. The Morgan fingerprint density at radius 3 is 2.24 bits per heavy atom. The summed E-state index contributed by atoms with van der Waals surface area (Å²) >= 11 is 1.55. The van der Waals surface area contributed by atoms with Crippen LogP contribution in [-0.4, -0.2) is 42.7 Å². The molecule has 0 bridgehead atoms. The van der Waals surface area contributed by atoms with Gasteiger partial charge in [0.1, 0.15) is 11.8 Å². The van der Waals surface area contributed by atoms with Gasteiger partial charge in [-0.2, -0.15) is 0 Å². The molecule has 0 heterocycles. The van der Waals surface area contributed by atoms with Crippen molar-refractivity contribution in [2.45, 2.75) is 38.6 Å². The van der Waals surface area contributed by atoms with Crippen LogP contribution in [0, 0.1) is 6.92 Å². The summed E-state index contributed by atoms with van der Waals surface area (Å²) in [4.78, 5) is 27.1. The number of aryl methyl sites for hydroxylation is 1. The second-order valence-electron chi connectivity index (χ2n) is 6.89. The molecule has 0 radical (unpaired) electrons. The van der Waals surface area contributed by atoms with Crippen LogP contribution in [0.1, 0.15) is 30.0 Å². The van der Waals surface area contributed by atoms with Gasteiger partial charge >= 0.3 is 0 Å². The Morgan fingerprint density at radius 2 is 1.69 bits per heavy atom. The fraction of sp³-hybridized carbons (Fsp3) is 0.391. The number of thioether (sulfide) groups is 1. The third-order valence-corrected chi connectivity index (χ3v) is 5.75. The molecule has 0 aliphatic carbocycles. The summed E-state index contributed by atoms with van der Waals surface area (Å²) in [7, 11) is 3.25. The highest BCUT2D eigenvalue weighted by molar-refractivity contribution is 7.99. The number of hydrogen-bond donors (Lipinski definition) is 1. The van der Waals surface area contributed by atoms with E-state index in [2.05, 4.69) is 5.32 Å². The van der Waals surface area contributed by atoms with E-state index in [0.717, 1.165) is 22.6 Å². The molecule has 0 fully saturated rings. The van der Waals surface area contributed by atoms with E-state index in [1.165, 1.54) is 5.56 Å². The van der Waals surface area contributed by atoms with Gasteiger partial charge in [0.15, 0.2) is 0 Å². The predicted octanol–water partition coefficient (Wildman–Crippen LogP) is 3.79. The van der Waals surface area contributed by atoms with Gasteiger partial charge in [0, 0.05) is 19.3 Å². The average molecular weight is 415 g/mol. The minimum atomic E-state index is -0.476. The van der Waals surface area contributed by atoms with E-state index in [1.54, 1.807) is 30.8 Å². The zero-order chi connectivity index (χ0) is 21.2. The van der Waals surface area contributed by atoms with Crippen molar-refractivity contribution in [1.82, 2.24) is 10.2 Å². The zero-order valence-corrected chi connectivity index (χ0v) is 18.4. The van der Waals surface area contributed by atoms with Crippen LogP contribution in [0.25, 0.3) is 0 Å². The molecule has 0 saturated heterocycles. The first-order chi connectivity index (χ1) is 14.0. The smallest absolute Gasteiger partial charge is 0.242 e. The molecule has 0 unspecified atom stereocenters. The third kappa shape index (κ3) is 6.82. The number of likely N-dealkylation sites (N-methyl/N-ethyl adjacent to an activating group) is 1. The highest BCUT2D eigenvalue weighted by atomic mass is 32.2. The molecule has 1 N–H and O–H groups in total. The molecule has 0 aromatic heterocycles. The molecule has 1 atom stereocenters. The van der Waals surface area contributed by atoms with Crippen molar-refractivity contribution in [3.05, 3.63) is 65.2 Å². The van der Waals surface area contributed by atoms with Crippen LogP contribution in [-0.2, 0) is 21.9 Å². The summed E-state index contributed by atoms with van der Waals surface area (Å²) in [5, 5.41) is 2.69. The van der Waals surface area contributed by atoms with Crippen molar-refractivity contribution in [3.8, 4) is 5.75 Å². The maximum Gasteiger partial charge on any atom is 0.242 e. The Labute approximate surface area is 177 Å². The number of rotatable bonds is 10. The van der Waals surface area contributed by atoms with Crippen molar-refractivity contribution >= 4 is 23.6 Å². The maximum atomic E-state index is 13.0. The minimum Gasteiger partial charge on any atom is -0.497 e. The summed E-state index contributed by atoms with van der Waals surface area (Å²) in [6.45, 7) is 4.38. The van der Waals surface area contributed by atoms with Crippen LogP contribution in [0.2, 0.25) is 0 Å².